The summed E-state index contributed by atoms with van der Waals surface area (Å²) in [7, 11) is 1.56. The molecule has 8 heteroatoms. The zero-order valence-electron chi connectivity index (χ0n) is 15.2. The largest absolute Gasteiger partial charge is 0.444 e. The van der Waals surface area contributed by atoms with Crippen LogP contribution in [0.2, 0.25) is 0 Å². The molecule has 1 aliphatic rings. The second-order valence-corrected chi connectivity index (χ2v) is 8.30. The van der Waals surface area contributed by atoms with Crippen molar-refractivity contribution in [2.75, 3.05) is 26.8 Å². The van der Waals surface area contributed by atoms with Crippen molar-refractivity contribution in [3.8, 4) is 0 Å². The van der Waals surface area contributed by atoms with Crippen LogP contribution in [0.25, 0.3) is 0 Å². The number of nitrogens with zero attached hydrogens (tertiary/aromatic N) is 1. The third-order valence-electron chi connectivity index (χ3n) is 4.20. The van der Waals surface area contributed by atoms with Crippen molar-refractivity contribution in [3.63, 3.8) is 0 Å². The Hall–Kier alpha value is -1.28. The van der Waals surface area contributed by atoms with Crippen molar-refractivity contribution in [2.45, 2.75) is 38.5 Å². The molecule has 1 aromatic rings. The number of likely N-dealkylation sites (tertiary alicyclic amines) is 1. The molecule has 1 fully saturated rings. The van der Waals surface area contributed by atoms with Crippen LogP contribution in [-0.4, -0.2) is 43.4 Å². The van der Waals surface area contributed by atoms with Gasteiger partial charge >= 0.3 is 12.3 Å². The van der Waals surface area contributed by atoms with Crippen molar-refractivity contribution in [3.05, 3.63) is 33.8 Å². The van der Waals surface area contributed by atoms with Gasteiger partial charge in [0.2, 0.25) is 0 Å². The molecule has 0 bridgehead atoms. The number of carbonyl (C=O) groups is 1. The van der Waals surface area contributed by atoms with Gasteiger partial charge in [-0.15, -0.1) is 0 Å². The van der Waals surface area contributed by atoms with Crippen LogP contribution >= 0.6 is 15.9 Å². The number of carbonyl (C=O) groups excluding carboxylic acids is 1. The van der Waals surface area contributed by atoms with E-state index >= 15 is 0 Å². The monoisotopic (exact) mass is 437 g/mol. The molecule has 0 saturated carbocycles. The van der Waals surface area contributed by atoms with Gasteiger partial charge in [0.15, 0.2) is 0 Å². The van der Waals surface area contributed by atoms with Crippen molar-refractivity contribution >= 4 is 22.0 Å². The van der Waals surface area contributed by atoms with Gasteiger partial charge in [-0.05, 0) is 38.5 Å². The number of rotatable bonds is 3. The van der Waals surface area contributed by atoms with Crippen molar-refractivity contribution in [1.82, 2.24) is 4.90 Å². The first-order valence-electron chi connectivity index (χ1n) is 8.26. The quantitative estimate of drug-likeness (QED) is 0.662. The average Bonchev–Trinajstić information content (AvgIpc) is 2.89. The van der Waals surface area contributed by atoms with Crippen LogP contribution in [0.3, 0.4) is 0 Å². The smallest absolute Gasteiger partial charge is 0.416 e. The molecule has 1 aromatic carbocycles. The van der Waals surface area contributed by atoms with Gasteiger partial charge in [-0.25, -0.2) is 4.79 Å². The van der Waals surface area contributed by atoms with E-state index in [0.29, 0.717) is 24.2 Å². The Balaban J connectivity index is 2.25. The summed E-state index contributed by atoms with van der Waals surface area (Å²) < 4.78 is 49.7. The zero-order chi connectivity index (χ0) is 19.7. The SMILES string of the molecule is COC[C@H]1CN(C(=O)OC(C)(C)C)C[C@@H]1c1ccc(C(F)(F)F)cc1Br. The fourth-order valence-electron chi connectivity index (χ4n) is 3.09. The van der Waals surface area contributed by atoms with Crippen LogP contribution in [-0.2, 0) is 15.7 Å². The van der Waals surface area contributed by atoms with Gasteiger partial charge in [-0.1, -0.05) is 22.0 Å². The highest BCUT2D eigenvalue weighted by molar-refractivity contribution is 9.10. The Labute approximate surface area is 159 Å². The predicted molar refractivity (Wildman–Crippen MR) is 95.1 cm³/mol. The van der Waals surface area contributed by atoms with Gasteiger partial charge < -0.3 is 14.4 Å². The molecule has 0 unspecified atom stereocenters. The molecular weight excluding hydrogens is 415 g/mol. The average molecular weight is 438 g/mol. The lowest BCUT2D eigenvalue weighted by Crippen LogP contribution is -2.35. The maximum Gasteiger partial charge on any atom is 0.416 e. The van der Waals surface area contributed by atoms with Gasteiger partial charge in [0.05, 0.1) is 12.2 Å². The standard InChI is InChI=1S/C18H23BrF3NO3/c1-17(2,3)26-16(24)23-8-11(10-25-4)14(9-23)13-6-5-12(7-15(13)19)18(20,21)22/h5-7,11,14H,8-10H2,1-4H3/t11-,14+/m1/s1. The first kappa shape index (κ1) is 21.0. The van der Waals surface area contributed by atoms with Crippen LogP contribution in [0.15, 0.2) is 22.7 Å². The minimum absolute atomic E-state index is 0.0273. The van der Waals surface area contributed by atoms with Gasteiger partial charge in [0, 0.05) is 36.5 Å². The minimum Gasteiger partial charge on any atom is -0.444 e. The highest BCUT2D eigenvalue weighted by atomic mass is 79.9. The number of hydrogen-bond donors (Lipinski definition) is 0. The third-order valence-corrected chi connectivity index (χ3v) is 4.89. The summed E-state index contributed by atoms with van der Waals surface area (Å²) in [6, 6.07) is 3.62. The number of halogens is 4. The van der Waals surface area contributed by atoms with Crippen LogP contribution in [0.5, 0.6) is 0 Å². The van der Waals surface area contributed by atoms with Crippen molar-refractivity contribution in [1.29, 1.82) is 0 Å². The van der Waals surface area contributed by atoms with E-state index in [1.165, 1.54) is 6.07 Å². The Kier molecular flexibility index (Phi) is 6.28. The van der Waals surface area contributed by atoms with Gasteiger partial charge in [0.25, 0.3) is 0 Å². The molecule has 1 heterocycles. The molecule has 2 atom stereocenters. The van der Waals surface area contributed by atoms with Gasteiger partial charge in [-0.3, -0.25) is 0 Å². The van der Waals surface area contributed by atoms with E-state index in [-0.39, 0.29) is 11.8 Å². The molecule has 0 N–H and O–H groups in total. The summed E-state index contributed by atoms with van der Waals surface area (Å²) in [5, 5.41) is 0. The second-order valence-electron chi connectivity index (χ2n) is 7.44. The van der Waals surface area contributed by atoms with Gasteiger partial charge in [0.1, 0.15) is 5.60 Å². The molecule has 4 nitrogen and oxygen atoms in total. The predicted octanol–water partition coefficient (Wildman–Crippen LogP) is 5.06. The van der Waals surface area contributed by atoms with E-state index in [2.05, 4.69) is 15.9 Å². The molecule has 0 radical (unpaired) electrons. The van der Waals surface area contributed by atoms with E-state index in [9.17, 15) is 18.0 Å². The topological polar surface area (TPSA) is 38.8 Å². The van der Waals surface area contributed by atoms with Gasteiger partial charge in [-0.2, -0.15) is 13.2 Å². The molecule has 0 spiro atoms. The zero-order valence-corrected chi connectivity index (χ0v) is 16.8. The molecule has 1 aliphatic heterocycles. The van der Waals surface area contributed by atoms with Crippen LogP contribution in [0.1, 0.15) is 37.8 Å². The number of methoxy groups -OCH3 is 1. The normalized spacial score (nSPS) is 21.2. The summed E-state index contributed by atoms with van der Waals surface area (Å²) in [5.74, 6) is -0.167. The first-order chi connectivity index (χ1) is 11.9. The lowest BCUT2D eigenvalue weighted by Gasteiger charge is -2.24. The van der Waals surface area contributed by atoms with E-state index < -0.39 is 23.4 Å². The highest BCUT2D eigenvalue weighted by Gasteiger charge is 2.39. The highest BCUT2D eigenvalue weighted by Crippen LogP contribution is 2.40. The lowest BCUT2D eigenvalue weighted by molar-refractivity contribution is -0.137. The third kappa shape index (κ3) is 5.13. The van der Waals surface area contributed by atoms with E-state index in [1.54, 1.807) is 32.8 Å². The number of ether oxygens (including phenoxy) is 2. The molecule has 1 saturated heterocycles. The Morgan fingerprint density at radius 3 is 2.42 bits per heavy atom. The summed E-state index contributed by atoms with van der Waals surface area (Å²) in [4.78, 5) is 13.9. The van der Waals surface area contributed by atoms with Crippen LogP contribution in [0.4, 0.5) is 18.0 Å². The molecule has 0 aliphatic carbocycles. The molecule has 2 rings (SSSR count). The van der Waals surface area contributed by atoms with Crippen molar-refractivity contribution in [2.24, 2.45) is 5.92 Å². The summed E-state index contributed by atoms with van der Waals surface area (Å²) in [5.41, 5.74) is -0.592. The van der Waals surface area contributed by atoms with Crippen LogP contribution < -0.4 is 0 Å². The van der Waals surface area contributed by atoms with Crippen molar-refractivity contribution < 1.29 is 27.4 Å². The first-order valence-corrected chi connectivity index (χ1v) is 9.05. The van der Waals surface area contributed by atoms with E-state index in [1.807, 2.05) is 0 Å². The molecule has 26 heavy (non-hydrogen) atoms. The number of benzene rings is 1. The van der Waals surface area contributed by atoms with E-state index in [4.69, 9.17) is 9.47 Å². The fraction of sp³-hybridized carbons (Fsp3) is 0.611. The summed E-state index contributed by atoms with van der Waals surface area (Å²) >= 11 is 3.26. The summed E-state index contributed by atoms with van der Waals surface area (Å²) in [6.07, 6.45) is -4.82. The maximum atomic E-state index is 12.9. The Bertz CT molecular complexity index is 658. The lowest BCUT2D eigenvalue weighted by atomic mass is 9.89. The van der Waals surface area contributed by atoms with E-state index in [0.717, 1.165) is 17.7 Å². The molecule has 0 aromatic heterocycles. The molecule has 146 valence electrons. The Morgan fingerprint density at radius 1 is 1.27 bits per heavy atom. The number of alkyl halides is 3. The number of amides is 1. The molecular formula is C18H23BrF3NO3. The number of hydrogen-bond acceptors (Lipinski definition) is 3. The minimum atomic E-state index is -4.40. The fourth-order valence-corrected chi connectivity index (χ4v) is 3.76. The molecule has 1 amide bonds. The van der Waals surface area contributed by atoms with Crippen LogP contribution in [0, 0.1) is 5.92 Å². The Morgan fingerprint density at radius 2 is 1.92 bits per heavy atom. The second kappa shape index (κ2) is 7.76. The summed E-state index contributed by atoms with van der Waals surface area (Å²) in [6.45, 7) is 6.57. The maximum absolute atomic E-state index is 12.9.